The van der Waals surface area contributed by atoms with Gasteiger partial charge in [-0.25, -0.2) is 4.39 Å². The molecule has 1 atom stereocenters. The molecule has 0 spiro atoms. The number of methoxy groups -OCH3 is 1. The maximum absolute atomic E-state index is 13.1. The summed E-state index contributed by atoms with van der Waals surface area (Å²) in [5.41, 5.74) is 1.89. The number of carbonyl (C=O) groups is 1. The summed E-state index contributed by atoms with van der Waals surface area (Å²) in [6.45, 7) is 1.72. The molecule has 0 saturated carbocycles. The third-order valence-electron chi connectivity index (χ3n) is 3.03. The normalized spacial score (nSPS) is 12.2. The summed E-state index contributed by atoms with van der Waals surface area (Å²) in [6, 6.07) is 13.4. The summed E-state index contributed by atoms with van der Waals surface area (Å²) in [5.74, 6) is -0.506. The molecule has 0 aliphatic heterocycles. The fraction of sp³-hybridized carbons (Fsp3) is 0.188. The maximum atomic E-state index is 13.1. The molecule has 0 aliphatic carbocycles. The van der Waals surface area contributed by atoms with Gasteiger partial charge in [0.1, 0.15) is 11.9 Å². The fourth-order valence-corrected chi connectivity index (χ4v) is 2.07. The van der Waals surface area contributed by atoms with Crippen LogP contribution in [0.4, 0.5) is 4.39 Å². The second-order valence-corrected chi connectivity index (χ2v) is 4.35. The van der Waals surface area contributed by atoms with E-state index >= 15 is 0 Å². The lowest BCUT2D eigenvalue weighted by Crippen LogP contribution is -2.16. The number of hydrogen-bond acceptors (Lipinski definition) is 2. The molecule has 0 N–H and O–H groups in total. The van der Waals surface area contributed by atoms with E-state index in [1.807, 2.05) is 30.3 Å². The summed E-state index contributed by atoms with van der Waals surface area (Å²) in [5, 5.41) is 0. The van der Waals surface area contributed by atoms with Gasteiger partial charge in [-0.3, -0.25) is 4.79 Å². The van der Waals surface area contributed by atoms with Crippen molar-refractivity contribution in [3.8, 4) is 0 Å². The van der Waals surface area contributed by atoms with E-state index in [4.69, 9.17) is 4.74 Å². The van der Waals surface area contributed by atoms with Gasteiger partial charge in [-0.1, -0.05) is 30.3 Å². The number of hydrogen-bond donors (Lipinski definition) is 0. The molecule has 0 radical (unpaired) electrons. The van der Waals surface area contributed by atoms with E-state index in [1.54, 1.807) is 6.92 Å². The average Bonchev–Trinajstić information content (AvgIpc) is 2.40. The summed E-state index contributed by atoms with van der Waals surface area (Å²) >= 11 is 0. The monoisotopic (exact) mass is 258 g/mol. The third-order valence-corrected chi connectivity index (χ3v) is 3.03. The molecule has 19 heavy (non-hydrogen) atoms. The van der Waals surface area contributed by atoms with Crippen molar-refractivity contribution in [3.63, 3.8) is 0 Å². The Morgan fingerprint density at radius 3 is 2.42 bits per heavy atom. The van der Waals surface area contributed by atoms with Gasteiger partial charge in [-0.2, -0.15) is 0 Å². The first-order valence-electron chi connectivity index (χ1n) is 6.01. The van der Waals surface area contributed by atoms with E-state index in [2.05, 4.69) is 0 Å². The van der Waals surface area contributed by atoms with Gasteiger partial charge in [0, 0.05) is 12.7 Å². The molecule has 0 saturated heterocycles. The zero-order valence-electron chi connectivity index (χ0n) is 10.9. The van der Waals surface area contributed by atoms with Gasteiger partial charge in [-0.15, -0.1) is 0 Å². The van der Waals surface area contributed by atoms with Crippen LogP contribution in [0, 0.1) is 12.7 Å². The molecule has 0 amide bonds. The molecule has 0 fully saturated rings. The first-order valence-corrected chi connectivity index (χ1v) is 6.01. The van der Waals surface area contributed by atoms with Crippen molar-refractivity contribution in [2.45, 2.75) is 13.0 Å². The van der Waals surface area contributed by atoms with E-state index in [-0.39, 0.29) is 11.6 Å². The summed E-state index contributed by atoms with van der Waals surface area (Å²) in [7, 11) is 1.49. The Morgan fingerprint density at radius 1 is 1.16 bits per heavy atom. The highest BCUT2D eigenvalue weighted by atomic mass is 19.1. The lowest BCUT2D eigenvalue weighted by atomic mass is 9.96. The Kier molecular flexibility index (Phi) is 4.07. The van der Waals surface area contributed by atoms with Crippen LogP contribution in [0.2, 0.25) is 0 Å². The highest BCUT2D eigenvalue weighted by Gasteiger charge is 2.22. The largest absolute Gasteiger partial charge is 0.369 e. The Labute approximate surface area is 111 Å². The van der Waals surface area contributed by atoms with Gasteiger partial charge in [-0.05, 0) is 36.2 Å². The number of benzene rings is 2. The van der Waals surface area contributed by atoms with Crippen LogP contribution in [0.5, 0.6) is 0 Å². The molecule has 0 aromatic heterocycles. The van der Waals surface area contributed by atoms with E-state index in [9.17, 15) is 9.18 Å². The molecule has 2 rings (SSSR count). The van der Waals surface area contributed by atoms with Gasteiger partial charge in [0.25, 0.3) is 0 Å². The molecule has 98 valence electrons. The Hall–Kier alpha value is -2.00. The average molecular weight is 258 g/mol. The van der Waals surface area contributed by atoms with Gasteiger partial charge in [0.15, 0.2) is 5.78 Å². The minimum Gasteiger partial charge on any atom is -0.369 e. The highest BCUT2D eigenvalue weighted by Crippen LogP contribution is 2.23. The molecule has 0 aliphatic rings. The molecule has 2 aromatic rings. The van der Waals surface area contributed by atoms with E-state index in [1.165, 1.54) is 25.3 Å². The molecular formula is C16H15FO2. The molecule has 2 aromatic carbocycles. The second kappa shape index (κ2) is 5.76. The van der Waals surface area contributed by atoms with Crippen molar-refractivity contribution >= 4 is 5.78 Å². The van der Waals surface area contributed by atoms with Crippen LogP contribution in [0.1, 0.15) is 27.6 Å². The molecule has 2 nitrogen and oxygen atoms in total. The van der Waals surface area contributed by atoms with Gasteiger partial charge < -0.3 is 4.74 Å². The van der Waals surface area contributed by atoms with Gasteiger partial charge >= 0.3 is 0 Å². The predicted molar refractivity (Wildman–Crippen MR) is 71.7 cm³/mol. The highest BCUT2D eigenvalue weighted by molar-refractivity contribution is 6.01. The maximum Gasteiger partial charge on any atom is 0.196 e. The number of ether oxygens (including phenoxy) is 1. The number of rotatable bonds is 4. The third kappa shape index (κ3) is 2.88. The number of Topliss-reactive ketones (excluding diaryl/α,β-unsaturated/α-hetero) is 1. The lowest BCUT2D eigenvalue weighted by Gasteiger charge is -2.15. The van der Waals surface area contributed by atoms with Crippen molar-refractivity contribution in [1.29, 1.82) is 0 Å². The van der Waals surface area contributed by atoms with Crippen LogP contribution < -0.4 is 0 Å². The number of aryl methyl sites for hydroxylation is 1. The zero-order valence-corrected chi connectivity index (χ0v) is 10.9. The standard InChI is InChI=1S/C16H15FO2/c1-11-10-13(17)8-9-14(11)15(18)16(19-2)12-6-4-3-5-7-12/h3-10,16H,1-2H3. The Bertz CT molecular complexity index is 579. The van der Waals surface area contributed by atoms with Crippen LogP contribution in [-0.4, -0.2) is 12.9 Å². The van der Waals surface area contributed by atoms with Crippen LogP contribution in [0.25, 0.3) is 0 Å². The zero-order chi connectivity index (χ0) is 13.8. The minimum atomic E-state index is -0.662. The van der Waals surface area contributed by atoms with E-state index < -0.39 is 6.10 Å². The van der Waals surface area contributed by atoms with Crippen LogP contribution in [-0.2, 0) is 4.74 Å². The van der Waals surface area contributed by atoms with Crippen molar-refractivity contribution in [2.75, 3.05) is 7.11 Å². The second-order valence-electron chi connectivity index (χ2n) is 4.35. The number of ketones is 1. The first-order chi connectivity index (χ1) is 9.13. The molecule has 0 bridgehead atoms. The van der Waals surface area contributed by atoms with Gasteiger partial charge in [0.2, 0.25) is 0 Å². The summed E-state index contributed by atoms with van der Waals surface area (Å²) in [4.78, 5) is 12.5. The quantitative estimate of drug-likeness (QED) is 0.781. The summed E-state index contributed by atoms with van der Waals surface area (Å²) < 4.78 is 18.4. The first kappa shape index (κ1) is 13.4. The van der Waals surface area contributed by atoms with E-state index in [0.29, 0.717) is 11.1 Å². The number of carbonyl (C=O) groups excluding carboxylic acids is 1. The van der Waals surface area contributed by atoms with Crippen molar-refractivity contribution in [2.24, 2.45) is 0 Å². The van der Waals surface area contributed by atoms with Crippen molar-refractivity contribution < 1.29 is 13.9 Å². The molecule has 3 heteroatoms. The lowest BCUT2D eigenvalue weighted by molar-refractivity contribution is 0.0603. The van der Waals surface area contributed by atoms with Crippen LogP contribution in [0.3, 0.4) is 0 Å². The topological polar surface area (TPSA) is 26.3 Å². The van der Waals surface area contributed by atoms with Gasteiger partial charge in [0.05, 0.1) is 0 Å². The van der Waals surface area contributed by atoms with E-state index in [0.717, 1.165) is 5.56 Å². The summed E-state index contributed by atoms with van der Waals surface area (Å²) in [6.07, 6.45) is -0.662. The molecule has 1 unspecified atom stereocenters. The Morgan fingerprint density at radius 2 is 1.84 bits per heavy atom. The minimum absolute atomic E-state index is 0.161. The van der Waals surface area contributed by atoms with Crippen LogP contribution >= 0.6 is 0 Å². The van der Waals surface area contributed by atoms with Crippen molar-refractivity contribution in [3.05, 3.63) is 71.0 Å². The SMILES string of the molecule is COC(C(=O)c1ccc(F)cc1C)c1ccccc1. The smallest absolute Gasteiger partial charge is 0.196 e. The van der Waals surface area contributed by atoms with Crippen molar-refractivity contribution in [1.82, 2.24) is 0 Å². The molecule has 0 heterocycles. The Balaban J connectivity index is 2.36. The van der Waals surface area contributed by atoms with Crippen LogP contribution in [0.15, 0.2) is 48.5 Å². The number of halogens is 1. The molecular weight excluding hydrogens is 243 g/mol. The predicted octanol–water partition coefficient (Wildman–Crippen LogP) is 3.70. The fourth-order valence-electron chi connectivity index (χ4n) is 2.07.